The van der Waals surface area contributed by atoms with Crippen LogP contribution >= 0.6 is 0 Å². The molecule has 28 heavy (non-hydrogen) atoms. The number of nitrogens with zero attached hydrogens (tertiary/aromatic N) is 2. The number of hydrogen-bond donors (Lipinski definition) is 1. The fraction of sp³-hybridized carbons (Fsp3) is 0.636. The molecule has 0 bridgehead atoms. The van der Waals surface area contributed by atoms with Gasteiger partial charge in [-0.25, -0.2) is 9.18 Å². The zero-order valence-electron chi connectivity index (χ0n) is 16.1. The van der Waals surface area contributed by atoms with Crippen molar-refractivity contribution in [3.8, 4) is 0 Å². The summed E-state index contributed by atoms with van der Waals surface area (Å²) in [5, 5.41) is 3.05. The number of amides is 3. The molecule has 6 heteroatoms. The zero-order chi connectivity index (χ0) is 19.3. The Labute approximate surface area is 165 Å². The Morgan fingerprint density at radius 1 is 1.00 bits per heavy atom. The van der Waals surface area contributed by atoms with Gasteiger partial charge in [0.2, 0.25) is 5.91 Å². The van der Waals surface area contributed by atoms with Gasteiger partial charge in [-0.05, 0) is 54.7 Å². The quantitative estimate of drug-likeness (QED) is 0.867. The molecule has 2 heterocycles. The highest BCUT2D eigenvalue weighted by molar-refractivity contribution is 5.98. The predicted octanol–water partition coefficient (Wildman–Crippen LogP) is 2.97. The third kappa shape index (κ3) is 3.11. The fourth-order valence-electron chi connectivity index (χ4n) is 5.86. The van der Waals surface area contributed by atoms with Gasteiger partial charge in [0.1, 0.15) is 5.82 Å². The van der Waals surface area contributed by atoms with Gasteiger partial charge in [-0.1, -0.05) is 25.0 Å². The molecule has 5 rings (SSSR count). The second kappa shape index (κ2) is 7.14. The molecule has 2 saturated heterocycles. The molecule has 4 aliphatic rings. The lowest BCUT2D eigenvalue weighted by Gasteiger charge is -2.40. The monoisotopic (exact) mass is 385 g/mol. The average Bonchev–Trinajstić information content (AvgIpc) is 2.99. The molecule has 5 unspecified atom stereocenters. The van der Waals surface area contributed by atoms with Gasteiger partial charge >= 0.3 is 6.03 Å². The molecule has 1 aromatic carbocycles. The second-order valence-electron chi connectivity index (χ2n) is 9.01. The molecule has 2 aliphatic heterocycles. The van der Waals surface area contributed by atoms with E-state index in [0.29, 0.717) is 24.3 Å². The van der Waals surface area contributed by atoms with Gasteiger partial charge in [0, 0.05) is 32.2 Å². The van der Waals surface area contributed by atoms with Crippen LogP contribution in [0.4, 0.5) is 9.18 Å². The Balaban J connectivity index is 1.16. The van der Waals surface area contributed by atoms with E-state index in [0.717, 1.165) is 51.7 Å². The highest BCUT2D eigenvalue weighted by Crippen LogP contribution is 2.51. The van der Waals surface area contributed by atoms with Crippen LogP contribution in [0.2, 0.25) is 0 Å². The molecule has 0 aromatic heterocycles. The van der Waals surface area contributed by atoms with Crippen LogP contribution in [0, 0.1) is 23.6 Å². The first-order valence-corrected chi connectivity index (χ1v) is 10.7. The van der Waals surface area contributed by atoms with Crippen LogP contribution in [-0.4, -0.2) is 54.0 Å². The largest absolute Gasteiger partial charge is 0.334 e. The summed E-state index contributed by atoms with van der Waals surface area (Å²) in [4.78, 5) is 29.1. The second-order valence-corrected chi connectivity index (χ2v) is 9.01. The van der Waals surface area contributed by atoms with E-state index in [9.17, 15) is 14.0 Å². The van der Waals surface area contributed by atoms with Crippen LogP contribution in [0.3, 0.4) is 0 Å². The third-order valence-corrected chi connectivity index (χ3v) is 7.48. The number of likely N-dealkylation sites (tertiary alicyclic amines) is 1. The van der Waals surface area contributed by atoms with Crippen LogP contribution in [0.15, 0.2) is 24.3 Å². The first-order chi connectivity index (χ1) is 13.6. The lowest BCUT2D eigenvalue weighted by molar-refractivity contribution is -0.136. The Hall–Kier alpha value is -1.95. The standard InChI is InChI=1S/C22H28FN3O2/c23-16-7-5-14(6-8-16)18-11-15-12-25(13-19(15)18)9-10-26-21(27)17-3-1-2-4-20(17)24-22(26)28/h5-8,15,17-20H,1-4,9-13H2,(H,24,28). The minimum atomic E-state index is -0.209. The number of fused-ring (bicyclic) bond motifs is 2. The van der Waals surface area contributed by atoms with Crippen molar-refractivity contribution in [1.82, 2.24) is 15.1 Å². The average molecular weight is 385 g/mol. The van der Waals surface area contributed by atoms with Gasteiger partial charge in [0.05, 0.1) is 5.92 Å². The van der Waals surface area contributed by atoms with Crippen LogP contribution in [0.25, 0.3) is 0 Å². The van der Waals surface area contributed by atoms with Gasteiger partial charge in [-0.15, -0.1) is 0 Å². The molecule has 2 saturated carbocycles. The van der Waals surface area contributed by atoms with Crippen LogP contribution < -0.4 is 5.32 Å². The van der Waals surface area contributed by atoms with Gasteiger partial charge in [0.25, 0.3) is 0 Å². The van der Waals surface area contributed by atoms with Crippen LogP contribution in [0.5, 0.6) is 0 Å². The smallest absolute Gasteiger partial charge is 0.324 e. The summed E-state index contributed by atoms with van der Waals surface area (Å²) < 4.78 is 13.2. The molecular weight excluding hydrogens is 357 g/mol. The van der Waals surface area contributed by atoms with Gasteiger partial charge in [-0.3, -0.25) is 9.69 Å². The number of nitrogens with one attached hydrogen (secondary N) is 1. The first-order valence-electron chi connectivity index (χ1n) is 10.7. The number of carbonyl (C=O) groups excluding carboxylic acids is 2. The summed E-state index contributed by atoms with van der Waals surface area (Å²) in [6.45, 7) is 3.27. The highest BCUT2D eigenvalue weighted by Gasteiger charge is 2.48. The number of imide groups is 1. The van der Waals surface area contributed by atoms with Crippen molar-refractivity contribution in [2.45, 2.75) is 44.1 Å². The molecule has 1 aromatic rings. The zero-order valence-corrected chi connectivity index (χ0v) is 16.1. The fourth-order valence-corrected chi connectivity index (χ4v) is 5.86. The third-order valence-electron chi connectivity index (χ3n) is 7.48. The summed E-state index contributed by atoms with van der Waals surface area (Å²) in [7, 11) is 0. The molecule has 150 valence electrons. The van der Waals surface area contributed by atoms with E-state index < -0.39 is 0 Å². The maximum atomic E-state index is 13.2. The first kappa shape index (κ1) is 18.1. The number of urea groups is 1. The normalized spacial score (nSPS) is 35.2. The van der Waals surface area contributed by atoms with Crippen LogP contribution in [-0.2, 0) is 4.79 Å². The number of rotatable bonds is 4. The Kier molecular flexibility index (Phi) is 4.62. The highest BCUT2D eigenvalue weighted by atomic mass is 19.1. The predicted molar refractivity (Wildman–Crippen MR) is 103 cm³/mol. The van der Waals surface area contributed by atoms with E-state index in [-0.39, 0.29) is 29.7 Å². The molecule has 4 fully saturated rings. The van der Waals surface area contributed by atoms with Crippen molar-refractivity contribution in [3.63, 3.8) is 0 Å². The summed E-state index contributed by atoms with van der Waals surface area (Å²) >= 11 is 0. The van der Waals surface area contributed by atoms with Crippen LogP contribution in [0.1, 0.15) is 43.6 Å². The molecule has 5 atom stereocenters. The number of halogens is 1. The van der Waals surface area contributed by atoms with E-state index in [1.807, 2.05) is 12.1 Å². The Morgan fingerprint density at radius 3 is 2.61 bits per heavy atom. The number of carbonyl (C=O) groups is 2. The van der Waals surface area contributed by atoms with Crippen molar-refractivity contribution in [2.75, 3.05) is 26.2 Å². The molecule has 0 radical (unpaired) electrons. The summed E-state index contributed by atoms with van der Waals surface area (Å²) in [5.41, 5.74) is 1.23. The minimum absolute atomic E-state index is 0.0240. The minimum Gasteiger partial charge on any atom is -0.334 e. The summed E-state index contributed by atoms with van der Waals surface area (Å²) in [6.07, 6.45) is 5.15. The number of hydrogen-bond acceptors (Lipinski definition) is 3. The lowest BCUT2D eigenvalue weighted by Crippen LogP contribution is -2.61. The molecule has 2 aliphatic carbocycles. The molecular formula is C22H28FN3O2. The summed E-state index contributed by atoms with van der Waals surface area (Å²) in [6, 6.07) is 6.76. The topological polar surface area (TPSA) is 52.7 Å². The SMILES string of the molecule is O=C1NC2CCCCC2C(=O)N1CCN1CC2CC(c3ccc(F)cc3)C2C1. The Bertz CT molecular complexity index is 768. The molecule has 5 nitrogen and oxygen atoms in total. The van der Waals surface area contributed by atoms with Gasteiger partial charge in [0.15, 0.2) is 0 Å². The van der Waals surface area contributed by atoms with E-state index >= 15 is 0 Å². The maximum Gasteiger partial charge on any atom is 0.324 e. The van der Waals surface area contributed by atoms with E-state index in [2.05, 4.69) is 10.2 Å². The van der Waals surface area contributed by atoms with Crippen molar-refractivity contribution in [3.05, 3.63) is 35.6 Å². The van der Waals surface area contributed by atoms with E-state index in [1.165, 1.54) is 10.5 Å². The van der Waals surface area contributed by atoms with Crippen molar-refractivity contribution < 1.29 is 14.0 Å². The number of benzene rings is 1. The lowest BCUT2D eigenvalue weighted by atomic mass is 9.64. The summed E-state index contributed by atoms with van der Waals surface area (Å²) in [5.74, 6) is 1.63. The van der Waals surface area contributed by atoms with Gasteiger partial charge < -0.3 is 10.2 Å². The van der Waals surface area contributed by atoms with Crippen molar-refractivity contribution in [2.24, 2.45) is 17.8 Å². The molecule has 0 spiro atoms. The maximum absolute atomic E-state index is 13.2. The molecule has 1 N–H and O–H groups in total. The molecule has 3 amide bonds. The van der Waals surface area contributed by atoms with E-state index in [4.69, 9.17) is 0 Å². The van der Waals surface area contributed by atoms with Crippen molar-refractivity contribution >= 4 is 11.9 Å². The van der Waals surface area contributed by atoms with Gasteiger partial charge in [-0.2, -0.15) is 0 Å². The Morgan fingerprint density at radius 2 is 1.79 bits per heavy atom. The van der Waals surface area contributed by atoms with Crippen molar-refractivity contribution in [1.29, 1.82) is 0 Å². The van der Waals surface area contributed by atoms with E-state index in [1.54, 1.807) is 12.1 Å².